The minimum absolute atomic E-state index is 1.16. The van der Waals surface area contributed by atoms with Crippen LogP contribution in [-0.4, -0.2) is 0 Å². The van der Waals surface area contributed by atoms with Crippen LogP contribution < -0.4 is 0 Å². The lowest BCUT2D eigenvalue weighted by atomic mass is 10.4. The molecule has 58 valence electrons. The van der Waals surface area contributed by atoms with Gasteiger partial charge in [-0.1, -0.05) is 0 Å². The quantitative estimate of drug-likeness (QED) is 0.589. The van der Waals surface area contributed by atoms with Crippen LogP contribution in [0.4, 0.5) is 0 Å². The van der Waals surface area contributed by atoms with Crippen molar-refractivity contribution in [1.82, 2.24) is 0 Å². The van der Waals surface area contributed by atoms with Crippen molar-refractivity contribution in [2.45, 2.75) is 0 Å². The molecule has 0 saturated heterocycles. The Morgan fingerprint density at radius 3 is 2.55 bits per heavy atom. The highest BCUT2D eigenvalue weighted by Gasteiger charge is 2.11. The third kappa shape index (κ3) is 1.35. The van der Waals surface area contributed by atoms with Crippen LogP contribution in [0.15, 0.2) is 18.1 Å². The molecule has 0 fully saturated rings. The molecule has 0 amide bonds. The number of halogens is 3. The van der Waals surface area contributed by atoms with Gasteiger partial charge in [-0.3, -0.25) is 0 Å². The molecule has 0 aliphatic rings. The van der Waals surface area contributed by atoms with Crippen molar-refractivity contribution in [1.29, 1.82) is 0 Å². The highest BCUT2D eigenvalue weighted by molar-refractivity contribution is 9.13. The Labute approximate surface area is 97.0 Å². The van der Waals surface area contributed by atoms with Crippen LogP contribution in [0.5, 0.6) is 0 Å². The van der Waals surface area contributed by atoms with E-state index in [2.05, 4.69) is 53.2 Å². The summed E-state index contributed by atoms with van der Waals surface area (Å²) in [4.78, 5) is 0. The normalized spacial score (nSPS) is 11.2. The summed E-state index contributed by atoms with van der Waals surface area (Å²) in [6.07, 6.45) is 0. The first-order chi connectivity index (χ1) is 5.20. The Hall–Kier alpha value is 1.10. The van der Waals surface area contributed by atoms with E-state index in [-0.39, 0.29) is 0 Å². The van der Waals surface area contributed by atoms with E-state index < -0.39 is 0 Å². The zero-order valence-electron chi connectivity index (χ0n) is 5.03. The predicted octanol–water partition coefficient (Wildman–Crippen LogP) is 5.25. The van der Waals surface area contributed by atoms with E-state index in [1.807, 2.05) is 0 Å². The zero-order valence-corrected chi connectivity index (χ0v) is 11.4. The van der Waals surface area contributed by atoms with Crippen LogP contribution in [0.3, 0.4) is 0 Å². The largest absolute Gasteiger partial charge is 0.132 e. The zero-order chi connectivity index (χ0) is 8.01. The molecule has 0 unspecified atom stereocenters. The van der Waals surface area contributed by atoms with E-state index in [9.17, 15) is 0 Å². The van der Waals surface area contributed by atoms with Gasteiger partial charge < -0.3 is 0 Å². The fourth-order valence-electron chi connectivity index (χ4n) is 0.815. The van der Waals surface area contributed by atoms with Gasteiger partial charge in [-0.25, -0.2) is 0 Å². The third-order valence-electron chi connectivity index (χ3n) is 1.29. The summed E-state index contributed by atoms with van der Waals surface area (Å²) < 4.78 is 4.84. The molecule has 0 aromatic carbocycles. The second kappa shape index (κ2) is 3.10. The molecule has 5 heteroatoms. The van der Waals surface area contributed by atoms with Gasteiger partial charge >= 0.3 is 0 Å². The predicted molar refractivity (Wildman–Crippen MR) is 62.8 cm³/mol. The minimum atomic E-state index is 1.16. The Kier molecular flexibility index (Phi) is 2.45. The molecule has 0 bridgehead atoms. The number of fused-ring (bicyclic) bond motifs is 1. The van der Waals surface area contributed by atoms with E-state index in [1.54, 1.807) is 22.7 Å². The van der Waals surface area contributed by atoms with E-state index in [0.717, 1.165) is 4.47 Å². The Bertz CT molecular complexity index is 401. The Morgan fingerprint density at radius 1 is 1.18 bits per heavy atom. The SMILES string of the molecule is Brc1sc2scc(Br)c2c1Br. The average molecular weight is 377 g/mol. The van der Waals surface area contributed by atoms with E-state index in [4.69, 9.17) is 0 Å². The highest BCUT2D eigenvalue weighted by Crippen LogP contribution is 2.45. The van der Waals surface area contributed by atoms with Crippen molar-refractivity contribution >= 4 is 79.9 Å². The number of hydrogen-bond donors (Lipinski definition) is 0. The van der Waals surface area contributed by atoms with Crippen LogP contribution in [0.2, 0.25) is 0 Å². The number of thiophene rings is 2. The second-order valence-corrected chi connectivity index (χ2v) is 7.06. The van der Waals surface area contributed by atoms with E-state index >= 15 is 0 Å². The van der Waals surface area contributed by atoms with Crippen molar-refractivity contribution in [2.75, 3.05) is 0 Å². The molecule has 0 N–H and O–H groups in total. The highest BCUT2D eigenvalue weighted by atomic mass is 79.9. The molecule has 11 heavy (non-hydrogen) atoms. The molecule has 2 rings (SSSR count). The van der Waals surface area contributed by atoms with E-state index in [0.29, 0.717) is 0 Å². The van der Waals surface area contributed by atoms with Gasteiger partial charge in [0.05, 0.1) is 12.3 Å². The van der Waals surface area contributed by atoms with Crippen LogP contribution in [-0.2, 0) is 0 Å². The van der Waals surface area contributed by atoms with Gasteiger partial charge in [0.1, 0.15) is 0 Å². The van der Waals surface area contributed by atoms with Gasteiger partial charge in [-0.05, 0) is 47.8 Å². The maximum atomic E-state index is 3.52. The number of rotatable bonds is 0. The first-order valence-electron chi connectivity index (χ1n) is 2.70. The molecule has 0 aliphatic carbocycles. The topological polar surface area (TPSA) is 0 Å². The summed E-state index contributed by atoms with van der Waals surface area (Å²) >= 11 is 14.0. The Balaban J connectivity index is 2.95. The van der Waals surface area contributed by atoms with Crippen molar-refractivity contribution in [3.05, 3.63) is 18.1 Å². The van der Waals surface area contributed by atoms with Crippen LogP contribution >= 0.6 is 70.5 Å². The lowest BCUT2D eigenvalue weighted by Crippen LogP contribution is -1.56. The first-order valence-corrected chi connectivity index (χ1v) is 6.78. The molecule has 0 spiro atoms. The second-order valence-electron chi connectivity index (χ2n) is 1.94. The summed E-state index contributed by atoms with van der Waals surface area (Å²) in [5.41, 5.74) is 0. The summed E-state index contributed by atoms with van der Waals surface area (Å²) in [6.45, 7) is 0. The van der Waals surface area contributed by atoms with Gasteiger partial charge in [0.25, 0.3) is 0 Å². The average Bonchev–Trinajstić information content (AvgIpc) is 2.41. The lowest BCUT2D eigenvalue weighted by molar-refractivity contribution is 1.88. The smallest absolute Gasteiger partial charge is 0.0900 e. The molecule has 2 aromatic rings. The maximum Gasteiger partial charge on any atom is 0.0900 e. The molecule has 2 heterocycles. The summed E-state index contributed by atoms with van der Waals surface area (Å²) in [6, 6.07) is 0. The fourth-order valence-corrected chi connectivity index (χ4v) is 5.86. The molecular weight excluding hydrogens is 376 g/mol. The fraction of sp³-hybridized carbons (Fsp3) is 0. The minimum Gasteiger partial charge on any atom is -0.132 e. The van der Waals surface area contributed by atoms with Crippen LogP contribution in [0.1, 0.15) is 0 Å². The monoisotopic (exact) mass is 374 g/mol. The lowest BCUT2D eigenvalue weighted by Gasteiger charge is -1.83. The summed E-state index contributed by atoms with van der Waals surface area (Å²) in [7, 11) is 0. The van der Waals surface area contributed by atoms with Crippen LogP contribution in [0, 0.1) is 0 Å². The standard InChI is InChI=1S/C6HBr3S2/c7-2-1-10-6-3(2)4(8)5(9)11-6/h1H. The van der Waals surface area contributed by atoms with Gasteiger partial charge in [-0.2, -0.15) is 0 Å². The van der Waals surface area contributed by atoms with E-state index in [1.165, 1.54) is 17.7 Å². The molecule has 0 atom stereocenters. The molecule has 2 aromatic heterocycles. The van der Waals surface area contributed by atoms with Crippen molar-refractivity contribution in [3.8, 4) is 0 Å². The summed E-state index contributed by atoms with van der Waals surface area (Å²) in [5, 5.41) is 3.39. The van der Waals surface area contributed by atoms with Crippen molar-refractivity contribution < 1.29 is 0 Å². The Morgan fingerprint density at radius 2 is 1.91 bits per heavy atom. The maximum absolute atomic E-state index is 3.52. The molecule has 0 nitrogen and oxygen atoms in total. The van der Waals surface area contributed by atoms with Crippen molar-refractivity contribution in [2.24, 2.45) is 0 Å². The van der Waals surface area contributed by atoms with Gasteiger partial charge in [0.2, 0.25) is 0 Å². The summed E-state index contributed by atoms with van der Waals surface area (Å²) in [5.74, 6) is 0. The molecular formula is C6HBr3S2. The van der Waals surface area contributed by atoms with Gasteiger partial charge in [0, 0.05) is 15.2 Å². The molecule has 0 saturated carbocycles. The third-order valence-corrected chi connectivity index (χ3v) is 6.77. The van der Waals surface area contributed by atoms with Gasteiger partial charge in [0.15, 0.2) is 0 Å². The van der Waals surface area contributed by atoms with Crippen LogP contribution in [0.25, 0.3) is 9.40 Å². The molecule has 0 aliphatic heterocycles. The first kappa shape index (κ1) is 8.69. The van der Waals surface area contributed by atoms with Gasteiger partial charge in [-0.15, -0.1) is 22.7 Å². The molecule has 0 radical (unpaired) electrons. The number of hydrogen-bond acceptors (Lipinski definition) is 2. The van der Waals surface area contributed by atoms with Crippen molar-refractivity contribution in [3.63, 3.8) is 0 Å².